The zero-order valence-electron chi connectivity index (χ0n) is 11.7. The van der Waals surface area contributed by atoms with E-state index in [0.717, 1.165) is 31.4 Å². The van der Waals surface area contributed by atoms with E-state index in [0.29, 0.717) is 18.5 Å². The summed E-state index contributed by atoms with van der Waals surface area (Å²) in [5.41, 5.74) is 0.978. The van der Waals surface area contributed by atoms with Crippen LogP contribution < -0.4 is 0 Å². The number of aromatic carboxylic acids is 1. The molecule has 0 spiro atoms. The first-order valence-electron chi connectivity index (χ1n) is 7.00. The quantitative estimate of drug-likeness (QED) is 0.753. The molecular weight excluding hydrogens is 256 g/mol. The summed E-state index contributed by atoms with van der Waals surface area (Å²) in [6.45, 7) is 4.26. The van der Waals surface area contributed by atoms with Gasteiger partial charge in [0.15, 0.2) is 5.69 Å². The van der Waals surface area contributed by atoms with Gasteiger partial charge in [0.05, 0.1) is 5.52 Å². The fourth-order valence-corrected chi connectivity index (χ4v) is 2.12. The normalized spacial score (nSPS) is 11.1. The molecule has 0 atom stereocenters. The van der Waals surface area contributed by atoms with Gasteiger partial charge in [-0.15, -0.1) is 0 Å². The molecule has 5 heteroatoms. The third-order valence-electron chi connectivity index (χ3n) is 3.16. The molecule has 0 aliphatic heterocycles. The first kappa shape index (κ1) is 14.5. The molecule has 1 aromatic heterocycles. The number of nitrogens with zero attached hydrogens (tertiary/aromatic N) is 2. The summed E-state index contributed by atoms with van der Waals surface area (Å²) >= 11 is 0. The highest BCUT2D eigenvalue weighted by Gasteiger charge is 2.15. The Morgan fingerprint density at radius 3 is 2.80 bits per heavy atom. The zero-order chi connectivity index (χ0) is 14.4. The van der Waals surface area contributed by atoms with Crippen LogP contribution >= 0.6 is 0 Å². The number of aromatic nitrogens is 2. The van der Waals surface area contributed by atoms with Gasteiger partial charge in [-0.3, -0.25) is 4.68 Å². The fourth-order valence-electron chi connectivity index (χ4n) is 2.12. The first-order valence-corrected chi connectivity index (χ1v) is 7.00. The molecule has 0 amide bonds. The molecule has 0 saturated carbocycles. The molecule has 1 aromatic carbocycles. The van der Waals surface area contributed by atoms with Gasteiger partial charge < -0.3 is 9.84 Å². The SMILES string of the molecule is CCCCOCCCn1nc(C(=O)O)c2ccccc21. The summed E-state index contributed by atoms with van der Waals surface area (Å²) in [6, 6.07) is 7.41. The van der Waals surface area contributed by atoms with Crippen LogP contribution in [-0.2, 0) is 11.3 Å². The van der Waals surface area contributed by atoms with Crippen molar-refractivity contribution in [3.05, 3.63) is 30.0 Å². The van der Waals surface area contributed by atoms with E-state index in [1.54, 1.807) is 10.7 Å². The molecule has 0 fully saturated rings. The topological polar surface area (TPSA) is 64.4 Å². The second-order valence-electron chi connectivity index (χ2n) is 4.71. The van der Waals surface area contributed by atoms with E-state index in [1.165, 1.54) is 0 Å². The Kier molecular flexibility index (Phi) is 5.12. The van der Waals surface area contributed by atoms with Crippen LogP contribution in [0.5, 0.6) is 0 Å². The summed E-state index contributed by atoms with van der Waals surface area (Å²) in [5.74, 6) is -0.987. The Hall–Kier alpha value is -1.88. The Morgan fingerprint density at radius 2 is 2.05 bits per heavy atom. The van der Waals surface area contributed by atoms with Crippen molar-refractivity contribution in [3.8, 4) is 0 Å². The Labute approximate surface area is 118 Å². The zero-order valence-corrected chi connectivity index (χ0v) is 11.7. The number of carboxylic acid groups (broad SMARTS) is 1. The predicted octanol–water partition coefficient (Wildman–Crippen LogP) is 2.94. The van der Waals surface area contributed by atoms with Crippen molar-refractivity contribution < 1.29 is 14.6 Å². The average molecular weight is 276 g/mol. The maximum absolute atomic E-state index is 11.2. The number of fused-ring (bicyclic) bond motifs is 1. The minimum atomic E-state index is -0.987. The molecule has 5 nitrogen and oxygen atoms in total. The van der Waals surface area contributed by atoms with Crippen LogP contribution in [0.1, 0.15) is 36.7 Å². The molecule has 0 bridgehead atoms. The van der Waals surface area contributed by atoms with Gasteiger partial charge in [0, 0.05) is 25.1 Å². The van der Waals surface area contributed by atoms with Crippen molar-refractivity contribution in [2.45, 2.75) is 32.7 Å². The van der Waals surface area contributed by atoms with Crippen LogP contribution in [0.3, 0.4) is 0 Å². The standard InChI is InChI=1S/C15H20N2O3/c1-2-3-10-20-11-6-9-17-13-8-5-4-7-12(13)14(16-17)15(18)19/h4-5,7-8H,2-3,6,9-11H2,1H3,(H,18,19). The minimum Gasteiger partial charge on any atom is -0.476 e. The van der Waals surface area contributed by atoms with Gasteiger partial charge in [-0.1, -0.05) is 31.5 Å². The molecule has 0 unspecified atom stereocenters. The van der Waals surface area contributed by atoms with Crippen molar-refractivity contribution in [2.24, 2.45) is 0 Å². The van der Waals surface area contributed by atoms with Gasteiger partial charge in [-0.05, 0) is 18.9 Å². The van der Waals surface area contributed by atoms with E-state index >= 15 is 0 Å². The van der Waals surface area contributed by atoms with Crippen molar-refractivity contribution in [3.63, 3.8) is 0 Å². The minimum absolute atomic E-state index is 0.118. The first-order chi connectivity index (χ1) is 9.74. The van der Waals surface area contributed by atoms with Gasteiger partial charge >= 0.3 is 5.97 Å². The van der Waals surface area contributed by atoms with Gasteiger partial charge in [0.1, 0.15) is 0 Å². The van der Waals surface area contributed by atoms with E-state index in [1.807, 2.05) is 18.2 Å². The molecule has 20 heavy (non-hydrogen) atoms. The highest BCUT2D eigenvalue weighted by atomic mass is 16.5. The lowest BCUT2D eigenvalue weighted by atomic mass is 10.2. The summed E-state index contributed by atoms with van der Waals surface area (Å²) < 4.78 is 7.26. The van der Waals surface area contributed by atoms with Crippen LogP contribution in [-0.4, -0.2) is 34.1 Å². The van der Waals surface area contributed by atoms with Crippen LogP contribution in [0.15, 0.2) is 24.3 Å². The van der Waals surface area contributed by atoms with E-state index in [4.69, 9.17) is 9.84 Å². The molecule has 0 saturated heterocycles. The Morgan fingerprint density at radius 1 is 1.30 bits per heavy atom. The Balaban J connectivity index is 2.01. The number of hydrogen-bond donors (Lipinski definition) is 1. The number of aryl methyl sites for hydroxylation is 1. The largest absolute Gasteiger partial charge is 0.476 e. The second-order valence-corrected chi connectivity index (χ2v) is 4.71. The fraction of sp³-hybridized carbons (Fsp3) is 0.467. The number of carboxylic acids is 1. The molecule has 0 aliphatic carbocycles. The smallest absolute Gasteiger partial charge is 0.357 e. The molecule has 0 radical (unpaired) electrons. The summed E-state index contributed by atoms with van der Waals surface area (Å²) in [7, 11) is 0. The molecular formula is C15H20N2O3. The van der Waals surface area contributed by atoms with E-state index < -0.39 is 5.97 Å². The van der Waals surface area contributed by atoms with Crippen molar-refractivity contribution in [1.29, 1.82) is 0 Å². The number of unbranched alkanes of at least 4 members (excludes halogenated alkanes) is 1. The maximum Gasteiger partial charge on any atom is 0.357 e. The number of hydrogen-bond acceptors (Lipinski definition) is 3. The number of benzene rings is 1. The molecule has 2 aromatic rings. The highest BCUT2D eigenvalue weighted by Crippen LogP contribution is 2.18. The van der Waals surface area contributed by atoms with Crippen molar-refractivity contribution >= 4 is 16.9 Å². The Bertz CT molecular complexity index is 578. The lowest BCUT2D eigenvalue weighted by Crippen LogP contribution is -2.06. The van der Waals surface area contributed by atoms with E-state index in [9.17, 15) is 4.79 Å². The third-order valence-corrected chi connectivity index (χ3v) is 3.16. The van der Waals surface area contributed by atoms with Gasteiger partial charge in [0.2, 0.25) is 0 Å². The van der Waals surface area contributed by atoms with Crippen molar-refractivity contribution in [2.75, 3.05) is 13.2 Å². The van der Waals surface area contributed by atoms with Crippen LogP contribution in [0.2, 0.25) is 0 Å². The van der Waals surface area contributed by atoms with E-state index in [2.05, 4.69) is 12.0 Å². The van der Waals surface area contributed by atoms with Crippen LogP contribution in [0.4, 0.5) is 0 Å². The molecule has 1 N–H and O–H groups in total. The number of rotatable bonds is 8. The summed E-state index contributed by atoms with van der Waals surface area (Å²) in [6.07, 6.45) is 3.04. The van der Waals surface area contributed by atoms with Gasteiger partial charge in [-0.25, -0.2) is 4.79 Å². The van der Waals surface area contributed by atoms with E-state index in [-0.39, 0.29) is 5.69 Å². The van der Waals surface area contributed by atoms with Gasteiger partial charge in [0.25, 0.3) is 0 Å². The number of carbonyl (C=O) groups is 1. The van der Waals surface area contributed by atoms with Crippen LogP contribution in [0, 0.1) is 0 Å². The lowest BCUT2D eigenvalue weighted by Gasteiger charge is -2.04. The molecule has 108 valence electrons. The second kappa shape index (κ2) is 7.05. The average Bonchev–Trinajstić information content (AvgIpc) is 2.82. The molecule has 2 rings (SSSR count). The lowest BCUT2D eigenvalue weighted by molar-refractivity contribution is 0.0691. The monoisotopic (exact) mass is 276 g/mol. The van der Waals surface area contributed by atoms with Crippen molar-refractivity contribution in [1.82, 2.24) is 9.78 Å². The maximum atomic E-state index is 11.2. The predicted molar refractivity (Wildman–Crippen MR) is 77.0 cm³/mol. The highest BCUT2D eigenvalue weighted by molar-refractivity contribution is 6.01. The number of ether oxygens (including phenoxy) is 1. The summed E-state index contributed by atoms with van der Waals surface area (Å²) in [5, 5.41) is 14.0. The van der Waals surface area contributed by atoms with Crippen LogP contribution in [0.25, 0.3) is 10.9 Å². The van der Waals surface area contributed by atoms with Gasteiger partial charge in [-0.2, -0.15) is 5.10 Å². The molecule has 0 aliphatic rings. The third kappa shape index (κ3) is 3.36. The molecule has 1 heterocycles. The summed E-state index contributed by atoms with van der Waals surface area (Å²) in [4.78, 5) is 11.2. The number of para-hydroxylation sites is 1.